The Morgan fingerprint density at radius 3 is 2.81 bits per heavy atom. The fraction of sp³-hybridized carbons (Fsp3) is 0.571. The molecule has 0 amide bonds. The topological polar surface area (TPSA) is 84.1 Å². The van der Waals surface area contributed by atoms with Crippen LogP contribution in [-0.2, 0) is 0 Å². The van der Waals surface area contributed by atoms with E-state index in [-0.39, 0.29) is 17.3 Å². The number of anilines is 2. The molecule has 2 aliphatic rings. The maximum absolute atomic E-state index is 9.68. The molecule has 0 aliphatic heterocycles. The molecule has 1 aromatic heterocycles. The lowest BCUT2D eigenvalue weighted by molar-refractivity contribution is 0.184. The Morgan fingerprint density at radius 2 is 2.19 bits per heavy atom. The summed E-state index contributed by atoms with van der Waals surface area (Å²) in [6, 6.07) is -0.0189. The van der Waals surface area contributed by atoms with E-state index in [4.69, 9.17) is 17.3 Å². The number of aliphatic hydroxyl groups is 1. The Kier molecular flexibility index (Phi) is 4.28. The average molecular weight is 327 g/mol. The van der Waals surface area contributed by atoms with Gasteiger partial charge in [0.15, 0.2) is 16.1 Å². The van der Waals surface area contributed by atoms with Crippen molar-refractivity contribution in [3.05, 3.63) is 17.3 Å². The zero-order valence-corrected chi connectivity index (χ0v) is 13.3. The van der Waals surface area contributed by atoms with Crippen molar-refractivity contribution in [2.75, 3.05) is 16.8 Å². The molecule has 7 heteroatoms. The number of nitrogens with zero attached hydrogens (tertiary/aromatic N) is 2. The first-order chi connectivity index (χ1) is 10.0. The van der Waals surface area contributed by atoms with Gasteiger partial charge in [-0.05, 0) is 31.6 Å². The molecule has 1 aromatic rings. The Balaban J connectivity index is 1.74. The van der Waals surface area contributed by atoms with Crippen LogP contribution in [0.2, 0.25) is 5.15 Å². The number of nitrogen functional groups attached to an aromatic ring is 1. The minimum atomic E-state index is -0.350. The molecule has 0 bridgehead atoms. The zero-order chi connectivity index (χ0) is 15.0. The van der Waals surface area contributed by atoms with E-state index in [9.17, 15) is 5.11 Å². The molecular weight excluding hydrogens is 308 g/mol. The van der Waals surface area contributed by atoms with Crippen LogP contribution in [0, 0.1) is 5.92 Å². The highest BCUT2D eigenvalue weighted by Crippen LogP contribution is 2.36. The van der Waals surface area contributed by atoms with E-state index in [1.807, 2.05) is 0 Å². The van der Waals surface area contributed by atoms with Crippen molar-refractivity contribution in [2.24, 2.45) is 5.92 Å². The number of aliphatic hydroxyl groups excluding tert-OH is 1. The quantitative estimate of drug-likeness (QED) is 0.334. The summed E-state index contributed by atoms with van der Waals surface area (Å²) in [5.41, 5.74) is 7.27. The second-order valence-corrected chi connectivity index (χ2v) is 7.11. The van der Waals surface area contributed by atoms with Crippen LogP contribution in [0.25, 0.3) is 0 Å². The van der Waals surface area contributed by atoms with Gasteiger partial charge in [0.25, 0.3) is 0 Å². The van der Waals surface area contributed by atoms with Crippen molar-refractivity contribution in [3.8, 4) is 0 Å². The summed E-state index contributed by atoms with van der Waals surface area (Å²) in [7, 11) is 0. The zero-order valence-electron chi connectivity index (χ0n) is 11.7. The third kappa shape index (κ3) is 3.62. The smallest absolute Gasteiger partial charge is 0.191 e. The molecule has 0 unspecified atom stereocenters. The van der Waals surface area contributed by atoms with Crippen molar-refractivity contribution in [3.63, 3.8) is 0 Å². The van der Waals surface area contributed by atoms with Crippen molar-refractivity contribution >= 4 is 34.9 Å². The number of hydrogen-bond donors (Lipinski definition) is 3. The van der Waals surface area contributed by atoms with Gasteiger partial charge in [-0.2, -0.15) is 0 Å². The normalized spacial score (nSPS) is 25.3. The molecule has 0 radical (unpaired) electrons. The summed E-state index contributed by atoms with van der Waals surface area (Å²) < 4.78 is 0. The first kappa shape index (κ1) is 14.9. The molecule has 2 fully saturated rings. The number of hydrogen-bond acceptors (Lipinski definition) is 6. The van der Waals surface area contributed by atoms with Crippen LogP contribution in [0.5, 0.6) is 0 Å². The third-order valence-corrected chi connectivity index (χ3v) is 5.20. The lowest BCUT2D eigenvalue weighted by Gasteiger charge is -2.17. The number of halogens is 1. The lowest BCUT2D eigenvalue weighted by Crippen LogP contribution is -2.20. The van der Waals surface area contributed by atoms with Crippen LogP contribution in [0.15, 0.2) is 17.3 Å². The van der Waals surface area contributed by atoms with Crippen LogP contribution in [0.1, 0.15) is 25.7 Å². The minimum Gasteiger partial charge on any atom is -0.393 e. The van der Waals surface area contributed by atoms with Gasteiger partial charge in [-0.3, -0.25) is 0 Å². The second-order valence-electron chi connectivity index (χ2n) is 5.76. The summed E-state index contributed by atoms with van der Waals surface area (Å²) in [4.78, 5) is 8.69. The van der Waals surface area contributed by atoms with Gasteiger partial charge in [0, 0.05) is 5.75 Å². The predicted octanol–water partition coefficient (Wildman–Crippen LogP) is 2.71. The number of rotatable bonds is 5. The third-order valence-electron chi connectivity index (χ3n) is 3.83. The molecule has 0 saturated heterocycles. The molecular formula is C14H19ClN4OS. The minimum absolute atomic E-state index is 0.0189. The van der Waals surface area contributed by atoms with Gasteiger partial charge in [-0.15, -0.1) is 0 Å². The molecule has 21 heavy (non-hydrogen) atoms. The van der Waals surface area contributed by atoms with E-state index in [1.54, 1.807) is 11.8 Å². The molecule has 1 heterocycles. The van der Waals surface area contributed by atoms with Gasteiger partial charge < -0.3 is 16.2 Å². The fourth-order valence-electron chi connectivity index (χ4n) is 2.37. The van der Waals surface area contributed by atoms with Gasteiger partial charge >= 0.3 is 0 Å². The first-order valence-electron chi connectivity index (χ1n) is 7.11. The van der Waals surface area contributed by atoms with E-state index >= 15 is 0 Å². The molecule has 4 N–H and O–H groups in total. The Hall–Kier alpha value is -0.980. The largest absolute Gasteiger partial charge is 0.393 e. The van der Waals surface area contributed by atoms with Crippen LogP contribution in [-0.4, -0.2) is 33.0 Å². The maximum Gasteiger partial charge on any atom is 0.191 e. The molecule has 2 saturated carbocycles. The lowest BCUT2D eigenvalue weighted by atomic mass is 10.2. The molecule has 0 spiro atoms. The van der Waals surface area contributed by atoms with Crippen molar-refractivity contribution in [1.29, 1.82) is 0 Å². The molecule has 2 atom stereocenters. The summed E-state index contributed by atoms with van der Waals surface area (Å²) in [5, 5.41) is 13.8. The second kappa shape index (κ2) is 6.02. The summed E-state index contributed by atoms with van der Waals surface area (Å²) in [6.45, 7) is 3.98. The molecule has 2 aliphatic carbocycles. The highest BCUT2D eigenvalue weighted by Gasteiger charge is 2.28. The van der Waals surface area contributed by atoms with Crippen LogP contribution < -0.4 is 11.1 Å². The number of aromatic nitrogens is 2. The summed E-state index contributed by atoms with van der Waals surface area (Å²) >= 11 is 7.71. The van der Waals surface area contributed by atoms with E-state index in [2.05, 4.69) is 21.9 Å². The first-order valence-corrected chi connectivity index (χ1v) is 8.47. The number of nitrogens with two attached hydrogens (primary N) is 1. The fourth-order valence-corrected chi connectivity index (χ4v) is 3.62. The SMILES string of the molecule is C=C1C[C@@H](O)C[C@H]1Nc1nc(SCC2CC2)nc(Cl)c1N. The summed E-state index contributed by atoms with van der Waals surface area (Å²) in [5.74, 6) is 2.35. The molecule has 114 valence electrons. The highest BCUT2D eigenvalue weighted by atomic mass is 35.5. The summed E-state index contributed by atoms with van der Waals surface area (Å²) in [6.07, 6.45) is 3.46. The van der Waals surface area contributed by atoms with Gasteiger partial charge in [0.1, 0.15) is 5.69 Å². The van der Waals surface area contributed by atoms with Gasteiger partial charge in [0.2, 0.25) is 0 Å². The van der Waals surface area contributed by atoms with Crippen LogP contribution in [0.3, 0.4) is 0 Å². The van der Waals surface area contributed by atoms with Crippen LogP contribution >= 0.6 is 23.4 Å². The molecule has 3 rings (SSSR count). The molecule has 0 aromatic carbocycles. The van der Waals surface area contributed by atoms with Gasteiger partial charge in [-0.1, -0.05) is 35.5 Å². The maximum atomic E-state index is 9.68. The Bertz CT molecular complexity index is 564. The standard InChI is InChI=1S/C14H19ClN4OS/c1-7-4-9(20)5-10(7)17-13-11(16)12(15)18-14(19-13)21-6-8-2-3-8/h8-10,20H,1-6,16H2,(H,17,18,19)/t9-,10-/m1/s1. The van der Waals surface area contributed by atoms with E-state index < -0.39 is 0 Å². The Labute approximate surface area is 133 Å². The van der Waals surface area contributed by atoms with Gasteiger partial charge in [0.05, 0.1) is 12.1 Å². The monoisotopic (exact) mass is 326 g/mol. The highest BCUT2D eigenvalue weighted by molar-refractivity contribution is 7.99. The predicted molar refractivity (Wildman–Crippen MR) is 86.7 cm³/mol. The van der Waals surface area contributed by atoms with Crippen molar-refractivity contribution in [2.45, 2.75) is 43.0 Å². The van der Waals surface area contributed by atoms with Crippen molar-refractivity contribution in [1.82, 2.24) is 9.97 Å². The van der Waals surface area contributed by atoms with Crippen LogP contribution in [0.4, 0.5) is 11.5 Å². The number of thioether (sulfide) groups is 1. The number of nitrogens with one attached hydrogen (secondary N) is 1. The molecule has 5 nitrogen and oxygen atoms in total. The van der Waals surface area contributed by atoms with E-state index in [0.717, 1.165) is 17.2 Å². The Morgan fingerprint density at radius 1 is 1.43 bits per heavy atom. The van der Waals surface area contributed by atoms with E-state index in [0.29, 0.717) is 29.5 Å². The average Bonchev–Trinajstić information content (AvgIpc) is 3.19. The van der Waals surface area contributed by atoms with E-state index in [1.165, 1.54) is 12.8 Å². The van der Waals surface area contributed by atoms with Gasteiger partial charge in [-0.25, -0.2) is 9.97 Å². The van der Waals surface area contributed by atoms with Crippen molar-refractivity contribution < 1.29 is 5.11 Å².